The molecule has 0 aliphatic carbocycles. The zero-order valence-electron chi connectivity index (χ0n) is 9.92. The molecule has 0 radical (unpaired) electrons. The predicted molar refractivity (Wildman–Crippen MR) is 66.1 cm³/mol. The van der Waals surface area contributed by atoms with Gasteiger partial charge >= 0.3 is 0 Å². The van der Waals surface area contributed by atoms with Crippen molar-refractivity contribution < 1.29 is 0 Å². The van der Waals surface area contributed by atoms with E-state index in [1.807, 2.05) is 11.8 Å². The molecule has 1 aliphatic heterocycles. The summed E-state index contributed by atoms with van der Waals surface area (Å²) in [4.78, 5) is 2.68. The summed E-state index contributed by atoms with van der Waals surface area (Å²) in [6.45, 7) is 9.31. The molecule has 1 heterocycles. The van der Waals surface area contributed by atoms with Gasteiger partial charge in [-0.05, 0) is 26.5 Å². The van der Waals surface area contributed by atoms with Gasteiger partial charge in [-0.1, -0.05) is 6.92 Å². The van der Waals surface area contributed by atoms with Crippen LogP contribution in [0.3, 0.4) is 0 Å². The average molecular weight is 216 g/mol. The van der Waals surface area contributed by atoms with E-state index in [2.05, 4.69) is 37.2 Å². The minimum atomic E-state index is 0.655. The fraction of sp³-hybridized carbons (Fsp3) is 1.00. The summed E-state index contributed by atoms with van der Waals surface area (Å²) < 4.78 is 0. The van der Waals surface area contributed by atoms with Gasteiger partial charge in [0.2, 0.25) is 0 Å². The van der Waals surface area contributed by atoms with Crippen LogP contribution in [0.4, 0.5) is 0 Å². The molecule has 0 saturated carbocycles. The van der Waals surface area contributed by atoms with Gasteiger partial charge in [-0.3, -0.25) is 4.90 Å². The average Bonchev–Trinajstić information content (AvgIpc) is 2.18. The van der Waals surface area contributed by atoms with Crippen LogP contribution in [0.15, 0.2) is 0 Å². The van der Waals surface area contributed by atoms with Crippen molar-refractivity contribution in [2.75, 3.05) is 25.1 Å². The summed E-state index contributed by atoms with van der Waals surface area (Å²) in [6, 6.07) is 2.12. The monoisotopic (exact) mass is 216 g/mol. The summed E-state index contributed by atoms with van der Waals surface area (Å²) >= 11 is 1.96. The third kappa shape index (κ3) is 3.14. The quantitative estimate of drug-likeness (QED) is 0.771. The molecule has 0 spiro atoms. The van der Waals surface area contributed by atoms with Gasteiger partial charge in [-0.15, -0.1) is 0 Å². The van der Waals surface area contributed by atoms with Crippen LogP contribution >= 0.6 is 11.8 Å². The van der Waals surface area contributed by atoms with E-state index in [-0.39, 0.29) is 0 Å². The minimum absolute atomic E-state index is 0.655. The Morgan fingerprint density at radius 1 is 1.57 bits per heavy atom. The molecule has 3 heteroatoms. The first-order valence-electron chi connectivity index (χ1n) is 5.67. The van der Waals surface area contributed by atoms with Gasteiger partial charge in [0.05, 0.1) is 0 Å². The van der Waals surface area contributed by atoms with E-state index in [4.69, 9.17) is 0 Å². The maximum atomic E-state index is 3.56. The summed E-state index contributed by atoms with van der Waals surface area (Å²) in [5.41, 5.74) is 0. The summed E-state index contributed by atoms with van der Waals surface area (Å²) in [5.74, 6) is 1.25. The number of nitrogens with one attached hydrogen (secondary N) is 1. The van der Waals surface area contributed by atoms with E-state index in [0.29, 0.717) is 6.04 Å². The SMILES string of the molecule is CCC1CNC(C)CN1C(C)CSC. The number of hydrogen-bond acceptors (Lipinski definition) is 3. The number of hydrogen-bond donors (Lipinski definition) is 1. The van der Waals surface area contributed by atoms with Crippen molar-refractivity contribution in [1.82, 2.24) is 10.2 Å². The molecule has 1 rings (SSSR count). The molecule has 0 aromatic heterocycles. The van der Waals surface area contributed by atoms with E-state index in [0.717, 1.165) is 18.6 Å². The van der Waals surface area contributed by atoms with Crippen LogP contribution in [-0.2, 0) is 0 Å². The van der Waals surface area contributed by atoms with Crippen molar-refractivity contribution in [1.29, 1.82) is 0 Å². The molecule has 3 unspecified atom stereocenters. The number of thioether (sulfide) groups is 1. The van der Waals surface area contributed by atoms with E-state index in [1.54, 1.807) is 0 Å². The van der Waals surface area contributed by atoms with Gasteiger partial charge < -0.3 is 5.32 Å². The molecule has 3 atom stereocenters. The maximum absolute atomic E-state index is 3.56. The summed E-state index contributed by atoms with van der Waals surface area (Å²) in [7, 11) is 0. The molecule has 1 saturated heterocycles. The maximum Gasteiger partial charge on any atom is 0.0221 e. The zero-order valence-corrected chi connectivity index (χ0v) is 10.7. The molecule has 1 fully saturated rings. The first kappa shape index (κ1) is 12.3. The fourth-order valence-electron chi connectivity index (χ4n) is 2.24. The van der Waals surface area contributed by atoms with E-state index in [9.17, 15) is 0 Å². The predicted octanol–water partition coefficient (Wildman–Crippen LogP) is 1.81. The topological polar surface area (TPSA) is 15.3 Å². The Bertz CT molecular complexity index is 163. The summed E-state index contributed by atoms with van der Waals surface area (Å²) in [6.07, 6.45) is 3.46. The molecule has 0 bridgehead atoms. The molecule has 14 heavy (non-hydrogen) atoms. The second-order valence-electron chi connectivity index (χ2n) is 4.37. The second-order valence-corrected chi connectivity index (χ2v) is 5.28. The van der Waals surface area contributed by atoms with Crippen molar-refractivity contribution in [2.24, 2.45) is 0 Å². The van der Waals surface area contributed by atoms with Gasteiger partial charge in [0.1, 0.15) is 0 Å². The van der Waals surface area contributed by atoms with Crippen LogP contribution in [0, 0.1) is 0 Å². The van der Waals surface area contributed by atoms with Crippen molar-refractivity contribution >= 4 is 11.8 Å². The highest BCUT2D eigenvalue weighted by atomic mass is 32.2. The lowest BCUT2D eigenvalue weighted by atomic mass is 10.1. The van der Waals surface area contributed by atoms with Crippen molar-refractivity contribution in [3.05, 3.63) is 0 Å². The lowest BCUT2D eigenvalue weighted by Crippen LogP contribution is -2.58. The number of rotatable bonds is 4. The Balaban J connectivity index is 2.51. The smallest absolute Gasteiger partial charge is 0.0221 e. The Morgan fingerprint density at radius 3 is 2.86 bits per heavy atom. The Hall–Kier alpha value is 0.270. The van der Waals surface area contributed by atoms with Crippen LogP contribution in [0.1, 0.15) is 27.2 Å². The first-order chi connectivity index (χ1) is 6.69. The van der Waals surface area contributed by atoms with Crippen molar-refractivity contribution in [3.8, 4) is 0 Å². The van der Waals surface area contributed by atoms with Gasteiger partial charge in [0, 0.05) is 37.0 Å². The van der Waals surface area contributed by atoms with E-state index < -0.39 is 0 Å². The third-order valence-corrected chi connectivity index (χ3v) is 3.92. The molecule has 0 aromatic carbocycles. The zero-order chi connectivity index (χ0) is 10.6. The Morgan fingerprint density at radius 2 is 2.29 bits per heavy atom. The van der Waals surface area contributed by atoms with Crippen LogP contribution in [-0.4, -0.2) is 48.1 Å². The van der Waals surface area contributed by atoms with Gasteiger partial charge in [0.15, 0.2) is 0 Å². The van der Waals surface area contributed by atoms with Crippen molar-refractivity contribution in [2.45, 2.75) is 45.3 Å². The van der Waals surface area contributed by atoms with E-state index >= 15 is 0 Å². The highest BCUT2D eigenvalue weighted by Gasteiger charge is 2.27. The number of piperazine rings is 1. The van der Waals surface area contributed by atoms with Crippen LogP contribution in [0.2, 0.25) is 0 Å². The molecule has 2 nitrogen and oxygen atoms in total. The standard InChI is InChI=1S/C11H24N2S/c1-5-11-6-12-9(2)7-13(11)10(3)8-14-4/h9-12H,5-8H2,1-4H3. The second kappa shape index (κ2) is 5.99. The molecule has 1 aliphatic rings. The van der Waals surface area contributed by atoms with Crippen LogP contribution < -0.4 is 5.32 Å². The lowest BCUT2D eigenvalue weighted by Gasteiger charge is -2.42. The Labute approximate surface area is 92.8 Å². The van der Waals surface area contributed by atoms with Gasteiger partial charge in [-0.2, -0.15) is 11.8 Å². The van der Waals surface area contributed by atoms with Crippen molar-refractivity contribution in [3.63, 3.8) is 0 Å². The molecule has 0 amide bonds. The lowest BCUT2D eigenvalue weighted by molar-refractivity contribution is 0.101. The molecule has 84 valence electrons. The Kier molecular flexibility index (Phi) is 5.28. The van der Waals surface area contributed by atoms with Gasteiger partial charge in [-0.25, -0.2) is 0 Å². The van der Waals surface area contributed by atoms with E-state index in [1.165, 1.54) is 18.7 Å². The highest BCUT2D eigenvalue weighted by Crippen LogP contribution is 2.16. The first-order valence-corrected chi connectivity index (χ1v) is 7.06. The summed E-state index contributed by atoms with van der Waals surface area (Å²) in [5, 5.41) is 3.56. The van der Waals surface area contributed by atoms with Gasteiger partial charge in [0.25, 0.3) is 0 Å². The molecular formula is C11H24N2S. The normalized spacial score (nSPS) is 31.7. The number of nitrogens with zero attached hydrogens (tertiary/aromatic N) is 1. The third-order valence-electron chi connectivity index (χ3n) is 3.10. The molecule has 1 N–H and O–H groups in total. The van der Waals surface area contributed by atoms with Crippen LogP contribution in [0.25, 0.3) is 0 Å². The van der Waals surface area contributed by atoms with Crippen LogP contribution in [0.5, 0.6) is 0 Å². The highest BCUT2D eigenvalue weighted by molar-refractivity contribution is 7.98. The molecule has 0 aromatic rings. The molecular weight excluding hydrogens is 192 g/mol. The largest absolute Gasteiger partial charge is 0.311 e. The fourth-order valence-corrected chi connectivity index (χ4v) is 2.91. The minimum Gasteiger partial charge on any atom is -0.311 e.